The maximum atomic E-state index is 4.18. The number of benzene rings is 1. The minimum absolute atomic E-state index is 0.359. The summed E-state index contributed by atoms with van der Waals surface area (Å²) in [6, 6.07) is 11.0. The van der Waals surface area contributed by atoms with E-state index in [-0.39, 0.29) is 0 Å². The molecule has 0 radical (unpaired) electrons. The van der Waals surface area contributed by atoms with Crippen LogP contribution < -0.4 is 5.32 Å². The minimum atomic E-state index is 0.359. The zero-order chi connectivity index (χ0) is 15.1. The van der Waals surface area contributed by atoms with Gasteiger partial charge in [0, 0.05) is 12.6 Å². The Hall–Kier alpha value is -1.79. The van der Waals surface area contributed by atoms with Crippen molar-refractivity contribution in [2.75, 3.05) is 19.6 Å². The maximum absolute atomic E-state index is 4.18. The Bertz CT molecular complexity index is 520. The first-order chi connectivity index (χ1) is 10.2. The summed E-state index contributed by atoms with van der Waals surface area (Å²) in [5.41, 5.74) is 1.33. The Morgan fingerprint density at radius 2 is 1.90 bits per heavy atom. The van der Waals surface area contributed by atoms with Crippen LogP contribution in [0, 0.1) is 0 Å². The van der Waals surface area contributed by atoms with Crippen LogP contribution in [-0.2, 0) is 13.6 Å². The van der Waals surface area contributed by atoms with Gasteiger partial charge in [-0.3, -0.25) is 4.90 Å². The number of nitrogens with one attached hydrogen (secondary N) is 1. The van der Waals surface area contributed by atoms with Crippen molar-refractivity contribution in [2.45, 2.75) is 26.4 Å². The first-order valence-electron chi connectivity index (χ1n) is 7.47. The van der Waals surface area contributed by atoms with Crippen molar-refractivity contribution in [3.05, 3.63) is 41.7 Å². The van der Waals surface area contributed by atoms with Crippen LogP contribution in [-0.4, -0.2) is 44.7 Å². The lowest BCUT2D eigenvalue weighted by molar-refractivity contribution is 0.212. The Labute approximate surface area is 126 Å². The number of rotatable bonds is 8. The van der Waals surface area contributed by atoms with Crippen LogP contribution in [0.5, 0.6) is 0 Å². The lowest BCUT2D eigenvalue weighted by Gasteiger charge is -2.30. The topological polar surface area (TPSA) is 58.9 Å². The van der Waals surface area contributed by atoms with E-state index in [1.54, 1.807) is 7.05 Å². The van der Waals surface area contributed by atoms with Crippen LogP contribution in [0.1, 0.15) is 31.3 Å². The Balaban J connectivity index is 1.99. The fourth-order valence-electron chi connectivity index (χ4n) is 2.51. The van der Waals surface area contributed by atoms with Gasteiger partial charge in [-0.2, -0.15) is 4.80 Å². The van der Waals surface area contributed by atoms with Crippen molar-refractivity contribution in [2.24, 2.45) is 7.05 Å². The van der Waals surface area contributed by atoms with Gasteiger partial charge in [-0.15, -0.1) is 10.2 Å². The van der Waals surface area contributed by atoms with Crippen LogP contribution in [0.3, 0.4) is 0 Å². The summed E-state index contributed by atoms with van der Waals surface area (Å²) in [7, 11) is 1.78. The highest BCUT2D eigenvalue weighted by molar-refractivity contribution is 5.19. The summed E-state index contributed by atoms with van der Waals surface area (Å²) in [6.45, 7) is 7.96. The number of aryl methyl sites for hydroxylation is 1. The number of hydrogen-bond acceptors (Lipinski definition) is 5. The molecule has 6 heteroatoms. The van der Waals surface area contributed by atoms with Crippen molar-refractivity contribution in [1.82, 2.24) is 30.4 Å². The van der Waals surface area contributed by atoms with Gasteiger partial charge in [-0.1, -0.05) is 44.2 Å². The summed E-state index contributed by atoms with van der Waals surface area (Å²) in [5.74, 6) is 0.726. The van der Waals surface area contributed by atoms with E-state index in [1.165, 1.54) is 10.4 Å². The van der Waals surface area contributed by atoms with E-state index in [0.717, 1.165) is 25.5 Å². The zero-order valence-corrected chi connectivity index (χ0v) is 13.0. The highest BCUT2D eigenvalue weighted by Gasteiger charge is 2.17. The predicted octanol–water partition coefficient (Wildman–Crippen LogP) is 1.38. The molecule has 0 bridgehead atoms. The molecular formula is C15H24N6. The number of tetrazole rings is 1. The fraction of sp³-hybridized carbons (Fsp3) is 0.533. The van der Waals surface area contributed by atoms with Crippen molar-refractivity contribution < 1.29 is 0 Å². The molecule has 0 aliphatic carbocycles. The van der Waals surface area contributed by atoms with E-state index < -0.39 is 0 Å². The molecule has 1 N–H and O–H groups in total. The quantitative estimate of drug-likeness (QED) is 0.795. The van der Waals surface area contributed by atoms with E-state index in [1.807, 2.05) is 0 Å². The second kappa shape index (κ2) is 7.85. The molecular weight excluding hydrogens is 264 g/mol. The maximum Gasteiger partial charge on any atom is 0.188 e. The highest BCUT2D eigenvalue weighted by atomic mass is 15.6. The third-order valence-corrected chi connectivity index (χ3v) is 3.61. The lowest BCUT2D eigenvalue weighted by atomic mass is 10.1. The molecule has 1 aromatic heterocycles. The third-order valence-electron chi connectivity index (χ3n) is 3.61. The molecule has 0 spiro atoms. The van der Waals surface area contributed by atoms with Gasteiger partial charge < -0.3 is 5.32 Å². The first-order valence-corrected chi connectivity index (χ1v) is 7.47. The predicted molar refractivity (Wildman–Crippen MR) is 82.6 cm³/mol. The lowest BCUT2D eigenvalue weighted by Crippen LogP contribution is -2.35. The normalized spacial score (nSPS) is 12.8. The van der Waals surface area contributed by atoms with E-state index >= 15 is 0 Å². The summed E-state index contributed by atoms with van der Waals surface area (Å²) < 4.78 is 0. The molecule has 114 valence electrons. The first kappa shape index (κ1) is 15.6. The van der Waals surface area contributed by atoms with E-state index in [2.05, 4.69) is 69.8 Å². The van der Waals surface area contributed by atoms with Gasteiger partial charge in [-0.25, -0.2) is 0 Å². The minimum Gasteiger partial charge on any atom is -0.308 e. The van der Waals surface area contributed by atoms with Gasteiger partial charge >= 0.3 is 0 Å². The monoisotopic (exact) mass is 288 g/mol. The number of likely N-dealkylation sites (N-methyl/N-ethyl adjacent to an activating group) is 1. The third kappa shape index (κ3) is 4.34. The standard InChI is InChI=1S/C15H24N6/c1-4-21(5-2)14(13-9-7-6-8-10-13)11-16-12-15-17-19-20(3)18-15/h6-10,14,16H,4-5,11-12H2,1-3H3. The largest absolute Gasteiger partial charge is 0.308 e. The summed E-state index contributed by atoms with van der Waals surface area (Å²) in [6.07, 6.45) is 0. The molecule has 0 fully saturated rings. The highest BCUT2D eigenvalue weighted by Crippen LogP contribution is 2.19. The molecule has 0 saturated carbocycles. The molecule has 0 aliphatic heterocycles. The van der Waals surface area contributed by atoms with E-state index in [0.29, 0.717) is 12.6 Å². The van der Waals surface area contributed by atoms with Crippen molar-refractivity contribution in [3.63, 3.8) is 0 Å². The number of hydrogen-bond donors (Lipinski definition) is 1. The van der Waals surface area contributed by atoms with Crippen molar-refractivity contribution in [3.8, 4) is 0 Å². The molecule has 2 aromatic rings. The van der Waals surface area contributed by atoms with E-state index in [9.17, 15) is 0 Å². The van der Waals surface area contributed by atoms with Crippen LogP contribution in [0.25, 0.3) is 0 Å². The van der Waals surface area contributed by atoms with Crippen molar-refractivity contribution >= 4 is 0 Å². The molecule has 2 rings (SSSR count). The average Bonchev–Trinajstić information content (AvgIpc) is 2.93. The molecule has 0 saturated heterocycles. The molecule has 1 atom stereocenters. The summed E-state index contributed by atoms with van der Waals surface area (Å²) >= 11 is 0. The SMILES string of the molecule is CCN(CC)C(CNCc1nnn(C)n1)c1ccccc1. The Morgan fingerprint density at radius 3 is 2.48 bits per heavy atom. The molecule has 0 amide bonds. The molecule has 1 heterocycles. The Kier molecular flexibility index (Phi) is 5.83. The zero-order valence-electron chi connectivity index (χ0n) is 13.0. The van der Waals surface area contributed by atoms with Crippen LogP contribution >= 0.6 is 0 Å². The second-order valence-electron chi connectivity index (χ2n) is 4.97. The second-order valence-corrected chi connectivity index (χ2v) is 4.97. The van der Waals surface area contributed by atoms with Gasteiger partial charge in [0.15, 0.2) is 5.82 Å². The van der Waals surface area contributed by atoms with Crippen molar-refractivity contribution in [1.29, 1.82) is 0 Å². The molecule has 0 aliphatic rings. The number of nitrogens with zero attached hydrogens (tertiary/aromatic N) is 5. The van der Waals surface area contributed by atoms with Crippen LogP contribution in [0.4, 0.5) is 0 Å². The van der Waals surface area contributed by atoms with Gasteiger partial charge in [0.1, 0.15) is 0 Å². The average molecular weight is 288 g/mol. The van der Waals surface area contributed by atoms with Gasteiger partial charge in [-0.05, 0) is 23.9 Å². The molecule has 21 heavy (non-hydrogen) atoms. The van der Waals surface area contributed by atoms with Crippen LogP contribution in [0.15, 0.2) is 30.3 Å². The molecule has 6 nitrogen and oxygen atoms in total. The Morgan fingerprint density at radius 1 is 1.19 bits per heavy atom. The van der Waals surface area contributed by atoms with Gasteiger partial charge in [0.05, 0.1) is 13.6 Å². The molecule has 1 unspecified atom stereocenters. The summed E-state index contributed by atoms with van der Waals surface area (Å²) in [4.78, 5) is 3.93. The van der Waals surface area contributed by atoms with Crippen LogP contribution in [0.2, 0.25) is 0 Å². The summed E-state index contributed by atoms with van der Waals surface area (Å²) in [5, 5.41) is 15.5. The van der Waals surface area contributed by atoms with Gasteiger partial charge in [0.2, 0.25) is 0 Å². The van der Waals surface area contributed by atoms with Gasteiger partial charge in [0.25, 0.3) is 0 Å². The fourth-order valence-corrected chi connectivity index (χ4v) is 2.51. The molecule has 1 aromatic carbocycles. The van der Waals surface area contributed by atoms with E-state index in [4.69, 9.17) is 0 Å². The smallest absolute Gasteiger partial charge is 0.188 e. The number of aromatic nitrogens is 4.